The largest absolute Gasteiger partial charge is 0.345 e. The Kier molecular flexibility index (Phi) is 3.10. The van der Waals surface area contributed by atoms with E-state index in [-0.39, 0.29) is 0 Å². The molecule has 0 saturated heterocycles. The van der Waals surface area contributed by atoms with E-state index in [1.807, 2.05) is 19.1 Å². The van der Waals surface area contributed by atoms with Crippen molar-refractivity contribution >= 4 is 6.29 Å². The highest BCUT2D eigenvalue weighted by Crippen LogP contribution is 2.08. The molecule has 2 aromatic heterocycles. The van der Waals surface area contributed by atoms with Gasteiger partial charge in [0.15, 0.2) is 6.29 Å². The normalized spacial score (nSPS) is 10.3. The van der Waals surface area contributed by atoms with Crippen LogP contribution in [-0.2, 0) is 12.8 Å². The Bertz CT molecular complexity index is 476. The van der Waals surface area contributed by atoms with Crippen molar-refractivity contribution in [2.75, 3.05) is 0 Å². The average Bonchev–Trinajstić information content (AvgIpc) is 2.68. The lowest BCUT2D eigenvalue weighted by Gasteiger charge is -1.99. The Balaban J connectivity index is 2.07. The fraction of sp³-hybridized carbons (Fsp3) is 0.250. The second kappa shape index (κ2) is 4.70. The van der Waals surface area contributed by atoms with Gasteiger partial charge in [0.1, 0.15) is 11.5 Å². The number of nitrogens with one attached hydrogen (secondary N) is 1. The van der Waals surface area contributed by atoms with Crippen LogP contribution in [0.3, 0.4) is 0 Å². The molecule has 0 fully saturated rings. The first kappa shape index (κ1) is 10.5. The molecule has 4 heteroatoms. The smallest absolute Gasteiger partial charge is 0.170 e. The maximum Gasteiger partial charge on any atom is 0.170 e. The van der Waals surface area contributed by atoms with Crippen LogP contribution in [0.4, 0.5) is 0 Å². The number of aromatic amines is 1. The quantitative estimate of drug-likeness (QED) is 0.790. The zero-order chi connectivity index (χ0) is 11.4. The Morgan fingerprint density at radius 3 is 2.75 bits per heavy atom. The van der Waals surface area contributed by atoms with Crippen LogP contribution in [0, 0.1) is 6.92 Å². The number of hydrogen-bond acceptors (Lipinski definition) is 3. The lowest BCUT2D eigenvalue weighted by atomic mass is 10.1. The van der Waals surface area contributed by atoms with Gasteiger partial charge >= 0.3 is 0 Å². The van der Waals surface area contributed by atoms with Gasteiger partial charge in [0, 0.05) is 18.1 Å². The minimum Gasteiger partial charge on any atom is -0.345 e. The first-order chi connectivity index (χ1) is 7.79. The summed E-state index contributed by atoms with van der Waals surface area (Å²) in [6.45, 7) is 1.85. The van der Waals surface area contributed by atoms with Gasteiger partial charge in [0.05, 0.1) is 0 Å². The molecule has 16 heavy (non-hydrogen) atoms. The third-order valence-electron chi connectivity index (χ3n) is 2.45. The summed E-state index contributed by atoms with van der Waals surface area (Å²) in [5, 5.41) is 0. The Hall–Kier alpha value is -1.97. The van der Waals surface area contributed by atoms with Crippen molar-refractivity contribution in [3.05, 3.63) is 47.3 Å². The van der Waals surface area contributed by atoms with Gasteiger partial charge in [0.2, 0.25) is 0 Å². The topological polar surface area (TPSA) is 58.6 Å². The summed E-state index contributed by atoms with van der Waals surface area (Å²) in [6.07, 6.45) is 6.01. The summed E-state index contributed by atoms with van der Waals surface area (Å²) in [6, 6.07) is 3.95. The SMILES string of the molecule is Cc1nc(C=O)c(CCc2ccncc2)[nH]1. The number of rotatable bonds is 4. The van der Waals surface area contributed by atoms with Crippen LogP contribution in [0.2, 0.25) is 0 Å². The van der Waals surface area contributed by atoms with Gasteiger partial charge in [-0.25, -0.2) is 4.98 Å². The zero-order valence-corrected chi connectivity index (χ0v) is 9.10. The summed E-state index contributed by atoms with van der Waals surface area (Å²) in [4.78, 5) is 21.9. The number of aryl methyl sites for hydroxylation is 3. The fourth-order valence-corrected chi connectivity index (χ4v) is 1.67. The van der Waals surface area contributed by atoms with E-state index < -0.39 is 0 Å². The third kappa shape index (κ3) is 2.34. The highest BCUT2D eigenvalue weighted by molar-refractivity contribution is 5.73. The van der Waals surface area contributed by atoms with Gasteiger partial charge in [-0.1, -0.05) is 0 Å². The molecule has 0 aliphatic carbocycles. The van der Waals surface area contributed by atoms with E-state index in [0.717, 1.165) is 30.6 Å². The van der Waals surface area contributed by atoms with Gasteiger partial charge in [0.25, 0.3) is 0 Å². The molecule has 0 spiro atoms. The molecular weight excluding hydrogens is 202 g/mol. The van der Waals surface area contributed by atoms with E-state index >= 15 is 0 Å². The number of hydrogen-bond donors (Lipinski definition) is 1. The standard InChI is InChI=1S/C12H13N3O/c1-9-14-11(12(8-16)15-9)3-2-10-4-6-13-7-5-10/h4-8H,2-3H2,1H3,(H,14,15). The monoisotopic (exact) mass is 215 g/mol. The van der Waals surface area contributed by atoms with Crippen LogP contribution in [0.15, 0.2) is 24.5 Å². The zero-order valence-electron chi connectivity index (χ0n) is 9.10. The first-order valence-electron chi connectivity index (χ1n) is 5.19. The number of H-pyrrole nitrogens is 1. The first-order valence-corrected chi connectivity index (χ1v) is 5.19. The van der Waals surface area contributed by atoms with Gasteiger partial charge < -0.3 is 4.98 Å². The van der Waals surface area contributed by atoms with Gasteiger partial charge in [-0.05, 0) is 37.5 Å². The predicted molar refractivity (Wildman–Crippen MR) is 60.4 cm³/mol. The molecule has 0 saturated carbocycles. The highest BCUT2D eigenvalue weighted by atomic mass is 16.1. The van der Waals surface area contributed by atoms with Crippen molar-refractivity contribution < 1.29 is 4.79 Å². The lowest BCUT2D eigenvalue weighted by molar-refractivity contribution is 0.111. The minimum atomic E-state index is 0.520. The molecule has 0 aliphatic rings. The van der Waals surface area contributed by atoms with E-state index in [1.165, 1.54) is 5.56 Å². The van der Waals surface area contributed by atoms with Crippen molar-refractivity contribution in [2.24, 2.45) is 0 Å². The molecule has 4 nitrogen and oxygen atoms in total. The summed E-state index contributed by atoms with van der Waals surface area (Å²) >= 11 is 0. The Labute approximate surface area is 93.8 Å². The summed E-state index contributed by atoms with van der Waals surface area (Å²) < 4.78 is 0. The molecule has 0 aromatic carbocycles. The summed E-state index contributed by atoms with van der Waals surface area (Å²) in [5.74, 6) is 0.784. The number of carbonyl (C=O) groups is 1. The van der Waals surface area contributed by atoms with E-state index in [0.29, 0.717) is 5.69 Å². The highest BCUT2D eigenvalue weighted by Gasteiger charge is 2.06. The third-order valence-corrected chi connectivity index (χ3v) is 2.45. The minimum absolute atomic E-state index is 0.520. The molecule has 0 radical (unpaired) electrons. The van der Waals surface area contributed by atoms with Gasteiger partial charge in [-0.3, -0.25) is 9.78 Å². The average molecular weight is 215 g/mol. The molecule has 0 bridgehead atoms. The van der Waals surface area contributed by atoms with Crippen LogP contribution in [0.1, 0.15) is 27.6 Å². The molecule has 82 valence electrons. The van der Waals surface area contributed by atoms with E-state index in [9.17, 15) is 4.79 Å². The molecular formula is C12H13N3O. The maximum absolute atomic E-state index is 10.8. The van der Waals surface area contributed by atoms with Crippen LogP contribution < -0.4 is 0 Å². The van der Waals surface area contributed by atoms with Crippen LogP contribution >= 0.6 is 0 Å². The molecule has 2 rings (SSSR count). The Morgan fingerprint density at radius 1 is 1.31 bits per heavy atom. The molecule has 1 N–H and O–H groups in total. The molecule has 0 atom stereocenters. The number of nitrogens with zero attached hydrogens (tertiary/aromatic N) is 2. The summed E-state index contributed by atoms with van der Waals surface area (Å²) in [7, 11) is 0. The molecule has 0 amide bonds. The second-order valence-electron chi connectivity index (χ2n) is 3.66. The number of pyridine rings is 1. The number of aldehydes is 1. The number of carbonyl (C=O) groups excluding carboxylic acids is 1. The second-order valence-corrected chi connectivity index (χ2v) is 3.66. The molecule has 2 heterocycles. The fourth-order valence-electron chi connectivity index (χ4n) is 1.67. The van der Waals surface area contributed by atoms with Crippen LogP contribution in [0.5, 0.6) is 0 Å². The van der Waals surface area contributed by atoms with E-state index in [1.54, 1.807) is 12.4 Å². The summed E-state index contributed by atoms with van der Waals surface area (Å²) in [5.41, 5.74) is 2.63. The van der Waals surface area contributed by atoms with E-state index in [4.69, 9.17) is 0 Å². The number of imidazole rings is 1. The van der Waals surface area contributed by atoms with Crippen molar-refractivity contribution in [3.8, 4) is 0 Å². The number of aromatic nitrogens is 3. The van der Waals surface area contributed by atoms with Crippen LogP contribution in [0.25, 0.3) is 0 Å². The van der Waals surface area contributed by atoms with Crippen LogP contribution in [-0.4, -0.2) is 21.2 Å². The van der Waals surface area contributed by atoms with Crippen molar-refractivity contribution in [1.29, 1.82) is 0 Å². The van der Waals surface area contributed by atoms with Crippen molar-refractivity contribution in [2.45, 2.75) is 19.8 Å². The van der Waals surface area contributed by atoms with Crippen molar-refractivity contribution in [1.82, 2.24) is 15.0 Å². The molecule has 2 aromatic rings. The Morgan fingerprint density at radius 2 is 2.06 bits per heavy atom. The molecule has 0 unspecified atom stereocenters. The predicted octanol–water partition coefficient (Wildman–Crippen LogP) is 1.71. The lowest BCUT2D eigenvalue weighted by Crippen LogP contribution is -1.95. The van der Waals surface area contributed by atoms with Crippen molar-refractivity contribution in [3.63, 3.8) is 0 Å². The molecule has 0 aliphatic heterocycles. The van der Waals surface area contributed by atoms with E-state index in [2.05, 4.69) is 15.0 Å². The van der Waals surface area contributed by atoms with Gasteiger partial charge in [-0.15, -0.1) is 0 Å². The maximum atomic E-state index is 10.8. The van der Waals surface area contributed by atoms with Gasteiger partial charge in [-0.2, -0.15) is 0 Å².